The molecule has 0 aromatic heterocycles. The zero-order valence-electron chi connectivity index (χ0n) is 14.8. The SMILES string of the molecule is CN1CCN(CC(=O)c2ccc(NS(=O)(=O)c3ccccc3)cc2)CC1. The summed E-state index contributed by atoms with van der Waals surface area (Å²) in [5, 5.41) is 0. The number of piperazine rings is 1. The maximum Gasteiger partial charge on any atom is 0.261 e. The number of rotatable bonds is 6. The molecule has 0 radical (unpaired) electrons. The Morgan fingerprint density at radius 2 is 1.58 bits per heavy atom. The molecule has 0 spiro atoms. The lowest BCUT2D eigenvalue weighted by Crippen LogP contribution is -2.46. The van der Waals surface area contributed by atoms with Crippen molar-refractivity contribution in [1.29, 1.82) is 0 Å². The third-order valence-electron chi connectivity index (χ3n) is 4.48. The van der Waals surface area contributed by atoms with E-state index in [1.165, 1.54) is 12.1 Å². The molecular weight excluding hydrogens is 350 g/mol. The van der Waals surface area contributed by atoms with Crippen LogP contribution in [-0.4, -0.2) is 63.8 Å². The molecule has 7 heteroatoms. The molecule has 1 heterocycles. The maximum absolute atomic E-state index is 12.4. The number of hydrogen-bond donors (Lipinski definition) is 1. The third kappa shape index (κ3) is 4.69. The lowest BCUT2D eigenvalue weighted by molar-refractivity contribution is 0.0876. The van der Waals surface area contributed by atoms with Crippen LogP contribution in [0, 0.1) is 0 Å². The summed E-state index contributed by atoms with van der Waals surface area (Å²) in [6, 6.07) is 14.8. The molecule has 0 atom stereocenters. The predicted molar refractivity (Wildman–Crippen MR) is 102 cm³/mol. The lowest BCUT2D eigenvalue weighted by Gasteiger charge is -2.31. The predicted octanol–water partition coefficient (Wildman–Crippen LogP) is 1.92. The van der Waals surface area contributed by atoms with Gasteiger partial charge in [-0.2, -0.15) is 0 Å². The summed E-state index contributed by atoms with van der Waals surface area (Å²) >= 11 is 0. The van der Waals surface area contributed by atoms with Crippen molar-refractivity contribution in [3.8, 4) is 0 Å². The number of anilines is 1. The van der Waals surface area contributed by atoms with E-state index in [2.05, 4.69) is 21.6 Å². The Bertz CT molecular complexity index is 843. The van der Waals surface area contributed by atoms with E-state index in [0.29, 0.717) is 17.8 Å². The van der Waals surface area contributed by atoms with Crippen LogP contribution in [0.2, 0.25) is 0 Å². The molecule has 0 aliphatic carbocycles. The van der Waals surface area contributed by atoms with Crippen molar-refractivity contribution in [2.24, 2.45) is 0 Å². The monoisotopic (exact) mass is 373 g/mol. The molecule has 1 fully saturated rings. The highest BCUT2D eigenvalue weighted by Crippen LogP contribution is 2.17. The van der Waals surface area contributed by atoms with E-state index >= 15 is 0 Å². The summed E-state index contributed by atoms with van der Waals surface area (Å²) in [5.74, 6) is 0.0482. The van der Waals surface area contributed by atoms with Crippen LogP contribution in [0.1, 0.15) is 10.4 Å². The number of nitrogens with one attached hydrogen (secondary N) is 1. The second kappa shape index (κ2) is 7.99. The van der Waals surface area contributed by atoms with Gasteiger partial charge in [-0.1, -0.05) is 18.2 Å². The fourth-order valence-electron chi connectivity index (χ4n) is 2.84. The van der Waals surface area contributed by atoms with E-state index in [1.807, 2.05) is 0 Å². The average Bonchev–Trinajstić information content (AvgIpc) is 2.64. The van der Waals surface area contributed by atoms with E-state index in [1.54, 1.807) is 42.5 Å². The van der Waals surface area contributed by atoms with Gasteiger partial charge in [0.2, 0.25) is 0 Å². The van der Waals surface area contributed by atoms with Gasteiger partial charge in [-0.05, 0) is 43.4 Å². The number of carbonyl (C=O) groups is 1. The van der Waals surface area contributed by atoms with Crippen LogP contribution in [-0.2, 0) is 10.0 Å². The molecule has 138 valence electrons. The fourth-order valence-corrected chi connectivity index (χ4v) is 3.92. The first-order valence-corrected chi connectivity index (χ1v) is 10.0. The van der Waals surface area contributed by atoms with Crippen LogP contribution >= 0.6 is 0 Å². The van der Waals surface area contributed by atoms with Gasteiger partial charge in [-0.3, -0.25) is 14.4 Å². The van der Waals surface area contributed by atoms with Crippen molar-refractivity contribution in [3.63, 3.8) is 0 Å². The van der Waals surface area contributed by atoms with Crippen molar-refractivity contribution >= 4 is 21.5 Å². The molecule has 0 saturated carbocycles. The van der Waals surface area contributed by atoms with Crippen molar-refractivity contribution < 1.29 is 13.2 Å². The number of ketones is 1. The lowest BCUT2D eigenvalue weighted by atomic mass is 10.1. The molecule has 0 bridgehead atoms. The van der Waals surface area contributed by atoms with Crippen LogP contribution in [0.15, 0.2) is 59.5 Å². The third-order valence-corrected chi connectivity index (χ3v) is 5.87. The number of carbonyl (C=O) groups excluding carboxylic acids is 1. The van der Waals surface area contributed by atoms with Gasteiger partial charge in [0, 0.05) is 37.4 Å². The first-order chi connectivity index (χ1) is 12.4. The van der Waals surface area contributed by atoms with Gasteiger partial charge in [-0.15, -0.1) is 0 Å². The summed E-state index contributed by atoms with van der Waals surface area (Å²) in [5.41, 5.74) is 1.02. The summed E-state index contributed by atoms with van der Waals surface area (Å²) in [4.78, 5) is 17.0. The van der Waals surface area contributed by atoms with E-state index in [4.69, 9.17) is 0 Å². The molecule has 26 heavy (non-hydrogen) atoms. The normalized spacial score (nSPS) is 16.3. The van der Waals surface area contributed by atoms with Crippen LogP contribution < -0.4 is 4.72 Å². The minimum Gasteiger partial charge on any atom is -0.304 e. The highest BCUT2D eigenvalue weighted by atomic mass is 32.2. The highest BCUT2D eigenvalue weighted by Gasteiger charge is 2.18. The average molecular weight is 373 g/mol. The number of sulfonamides is 1. The van der Waals surface area contributed by atoms with Gasteiger partial charge in [-0.25, -0.2) is 8.42 Å². The molecule has 1 saturated heterocycles. The Balaban J connectivity index is 1.62. The van der Waals surface area contributed by atoms with Crippen LogP contribution in [0.25, 0.3) is 0 Å². The summed E-state index contributed by atoms with van der Waals surface area (Å²) < 4.78 is 27.2. The van der Waals surface area contributed by atoms with Gasteiger partial charge in [0.15, 0.2) is 5.78 Å². The van der Waals surface area contributed by atoms with Crippen LogP contribution in [0.5, 0.6) is 0 Å². The van der Waals surface area contributed by atoms with Crippen molar-refractivity contribution in [2.45, 2.75) is 4.90 Å². The summed E-state index contributed by atoms with van der Waals surface area (Å²) in [6.45, 7) is 4.10. The molecular formula is C19H23N3O3S. The second-order valence-corrected chi connectivity index (χ2v) is 8.18. The Hall–Kier alpha value is -2.22. The van der Waals surface area contributed by atoms with Gasteiger partial charge >= 0.3 is 0 Å². The molecule has 1 N–H and O–H groups in total. The van der Waals surface area contributed by atoms with Crippen LogP contribution in [0.3, 0.4) is 0 Å². The van der Waals surface area contributed by atoms with Gasteiger partial charge in [0.1, 0.15) is 0 Å². The van der Waals surface area contributed by atoms with Gasteiger partial charge < -0.3 is 4.90 Å². The minimum atomic E-state index is -3.62. The van der Waals surface area contributed by atoms with Gasteiger partial charge in [0.05, 0.1) is 11.4 Å². The second-order valence-electron chi connectivity index (χ2n) is 6.50. The number of hydrogen-bond acceptors (Lipinski definition) is 5. The molecule has 0 amide bonds. The van der Waals surface area contributed by atoms with E-state index in [0.717, 1.165) is 26.2 Å². The molecule has 1 aliphatic rings. The first-order valence-electron chi connectivity index (χ1n) is 8.56. The standard InChI is InChI=1S/C19H23N3O3S/c1-21-11-13-22(14-12-21)15-19(23)16-7-9-17(10-8-16)20-26(24,25)18-5-3-2-4-6-18/h2-10,20H,11-15H2,1H3. The number of benzene rings is 2. The highest BCUT2D eigenvalue weighted by molar-refractivity contribution is 7.92. The van der Waals surface area contributed by atoms with Gasteiger partial charge in [0.25, 0.3) is 10.0 Å². The van der Waals surface area contributed by atoms with E-state index in [9.17, 15) is 13.2 Å². The fraction of sp³-hybridized carbons (Fsp3) is 0.316. The number of likely N-dealkylation sites (N-methyl/N-ethyl adjacent to an activating group) is 1. The molecule has 1 aliphatic heterocycles. The van der Waals surface area contributed by atoms with E-state index in [-0.39, 0.29) is 10.7 Å². The van der Waals surface area contributed by atoms with Crippen molar-refractivity contribution in [3.05, 3.63) is 60.2 Å². The van der Waals surface area contributed by atoms with Crippen LogP contribution in [0.4, 0.5) is 5.69 Å². The largest absolute Gasteiger partial charge is 0.304 e. The number of nitrogens with zero attached hydrogens (tertiary/aromatic N) is 2. The Morgan fingerprint density at radius 1 is 0.962 bits per heavy atom. The molecule has 0 unspecified atom stereocenters. The molecule has 2 aromatic carbocycles. The maximum atomic E-state index is 12.4. The first kappa shape index (κ1) is 18.6. The Kier molecular flexibility index (Phi) is 5.70. The van der Waals surface area contributed by atoms with E-state index < -0.39 is 10.0 Å². The minimum absolute atomic E-state index is 0.0482. The Morgan fingerprint density at radius 3 is 2.19 bits per heavy atom. The Labute approximate surface area is 154 Å². The number of Topliss-reactive ketones (excluding diaryl/α,β-unsaturated/α-hetero) is 1. The topological polar surface area (TPSA) is 69.7 Å². The quantitative estimate of drug-likeness (QED) is 0.784. The molecule has 2 aromatic rings. The summed E-state index contributed by atoms with van der Waals surface area (Å²) in [6.07, 6.45) is 0. The zero-order valence-corrected chi connectivity index (χ0v) is 15.6. The molecule has 3 rings (SSSR count). The van der Waals surface area contributed by atoms with Crippen molar-refractivity contribution in [1.82, 2.24) is 9.80 Å². The summed E-state index contributed by atoms with van der Waals surface area (Å²) in [7, 11) is -1.54. The molecule has 6 nitrogen and oxygen atoms in total. The smallest absolute Gasteiger partial charge is 0.261 e. The van der Waals surface area contributed by atoms with Crippen molar-refractivity contribution in [2.75, 3.05) is 44.5 Å². The zero-order chi connectivity index (χ0) is 18.6.